The van der Waals surface area contributed by atoms with Gasteiger partial charge in [0.2, 0.25) is 0 Å². The number of nitrogens with zero attached hydrogens (tertiary/aromatic N) is 11. The van der Waals surface area contributed by atoms with Crippen LogP contribution in [0.25, 0.3) is 201 Å². The lowest BCUT2D eigenvalue weighted by molar-refractivity contribution is 1.07. The zero-order valence-electron chi connectivity index (χ0n) is 58.1. The molecule has 12 aromatic carbocycles. The molecule has 0 aliphatic heterocycles. The molecule has 0 N–H and O–H groups in total. The minimum atomic E-state index is 0.624. The van der Waals surface area contributed by atoms with Gasteiger partial charge in [-0.3, -0.25) is 9.97 Å². The lowest BCUT2D eigenvalue weighted by Crippen LogP contribution is -2.00. The molecule has 11 nitrogen and oxygen atoms in total. The molecular formula is C97H61N11. The second kappa shape index (κ2) is 28.1. The van der Waals surface area contributed by atoms with E-state index in [4.69, 9.17) is 44.9 Å². The third kappa shape index (κ3) is 13.0. The number of para-hydroxylation sites is 2. The number of fused-ring (bicyclic) bond motifs is 6. The van der Waals surface area contributed by atoms with Crippen LogP contribution in [0, 0.1) is 0 Å². The van der Waals surface area contributed by atoms with Crippen molar-refractivity contribution < 1.29 is 0 Å². The van der Waals surface area contributed by atoms with Crippen molar-refractivity contribution in [1.82, 2.24) is 54.8 Å². The Morgan fingerprint density at radius 3 is 0.963 bits per heavy atom. The monoisotopic (exact) mass is 1380 g/mol. The Hall–Kier alpha value is -14.8. The van der Waals surface area contributed by atoms with Gasteiger partial charge in [0.05, 0.1) is 67.3 Å². The first-order valence-corrected chi connectivity index (χ1v) is 35.8. The lowest BCUT2D eigenvalue weighted by Gasteiger charge is -2.11. The Labute approximate surface area is 622 Å². The first-order valence-electron chi connectivity index (χ1n) is 35.8. The molecule has 0 saturated carbocycles. The molecule has 0 saturated heterocycles. The molecule has 20 aromatic rings. The molecule has 11 heteroatoms. The smallest absolute Gasteiger partial charge is 0.164 e. The standard InChI is InChI=1S/C49H31N5.C48H30N6/c1-3-10-32(11-4-1)46-31-47(54-49(53-46)35-12-5-2-6-13-35)39-16-7-15-38(29-39)42-25-23-40-28-36(22-24-43(40)51-42)37-20-19-33-21-26-44(52-45(33)30-37)41-18-8-14-34-17-9-27-50-48(34)41;1-3-9-34(10-4-1)46-52-47(35-11-5-2-6-12-35)54-48(53-46)36-19-16-31(17-20-36)41-26-24-39-29-37(23-25-42(39)50-41)38-21-18-32-22-27-43(51-44(32)30-38)40-15-7-13-33-14-8-28-49-45(33)40/h1-31H;1-30H. The maximum atomic E-state index is 5.11. The van der Waals surface area contributed by atoms with Gasteiger partial charge in [-0.25, -0.2) is 44.9 Å². The third-order valence-corrected chi connectivity index (χ3v) is 19.7. The van der Waals surface area contributed by atoms with Crippen LogP contribution < -0.4 is 0 Å². The molecule has 0 spiro atoms. The number of rotatable bonds is 12. The molecule has 504 valence electrons. The zero-order chi connectivity index (χ0) is 71.7. The summed E-state index contributed by atoms with van der Waals surface area (Å²) in [6.07, 6.45) is 3.67. The SMILES string of the molecule is c1ccc(-c2cc(-c3cccc(-c4ccc5cc(-c6ccc7ccc(-c8cccc9cccnc89)nc7c6)ccc5n4)c3)nc(-c3ccccc3)n2)cc1.c1ccc(-c2nc(-c3ccccc3)nc(-c3ccc(-c4ccc5cc(-c6ccc7ccc(-c8cccc9cccnc89)nc7c6)ccc5n4)cc3)n2)cc1. The topological polar surface area (TPSA) is 142 Å². The van der Waals surface area contributed by atoms with E-state index in [1.165, 1.54) is 0 Å². The first kappa shape index (κ1) is 64.1. The van der Waals surface area contributed by atoms with Crippen molar-refractivity contribution in [2.75, 3.05) is 0 Å². The highest BCUT2D eigenvalue weighted by Crippen LogP contribution is 2.37. The number of aromatic nitrogens is 11. The summed E-state index contributed by atoms with van der Waals surface area (Å²) in [7, 11) is 0. The van der Waals surface area contributed by atoms with Gasteiger partial charge in [0, 0.05) is 100 Å². The minimum absolute atomic E-state index is 0.624. The molecule has 0 bridgehead atoms. The van der Waals surface area contributed by atoms with Gasteiger partial charge in [-0.15, -0.1) is 0 Å². The molecule has 0 unspecified atom stereocenters. The van der Waals surface area contributed by atoms with Crippen molar-refractivity contribution in [1.29, 1.82) is 0 Å². The summed E-state index contributed by atoms with van der Waals surface area (Å²) in [5.41, 5.74) is 25.4. The molecule has 8 aromatic heterocycles. The molecular weight excluding hydrogens is 1320 g/mol. The van der Waals surface area contributed by atoms with Crippen molar-refractivity contribution in [2.24, 2.45) is 0 Å². The largest absolute Gasteiger partial charge is 0.256 e. The summed E-state index contributed by atoms with van der Waals surface area (Å²) in [6.45, 7) is 0. The minimum Gasteiger partial charge on any atom is -0.256 e. The van der Waals surface area contributed by atoms with Gasteiger partial charge < -0.3 is 0 Å². The predicted octanol–water partition coefficient (Wildman–Crippen LogP) is 23.6. The average molecular weight is 1380 g/mol. The van der Waals surface area contributed by atoms with Gasteiger partial charge >= 0.3 is 0 Å². The Morgan fingerprint density at radius 1 is 0.148 bits per heavy atom. The normalized spacial score (nSPS) is 11.3. The van der Waals surface area contributed by atoms with E-state index in [-0.39, 0.29) is 0 Å². The van der Waals surface area contributed by atoms with Crippen molar-refractivity contribution in [3.05, 3.63) is 370 Å². The van der Waals surface area contributed by atoms with Crippen LogP contribution in [0.2, 0.25) is 0 Å². The van der Waals surface area contributed by atoms with E-state index in [0.717, 1.165) is 177 Å². The number of benzene rings is 12. The highest BCUT2D eigenvalue weighted by molar-refractivity contribution is 5.98. The molecule has 8 heterocycles. The van der Waals surface area contributed by atoms with Crippen molar-refractivity contribution >= 4 is 65.4 Å². The summed E-state index contributed by atoms with van der Waals surface area (Å²) in [4.78, 5) is 54.2. The van der Waals surface area contributed by atoms with Crippen LogP contribution in [-0.2, 0) is 0 Å². The Balaban J connectivity index is 0.000000147. The van der Waals surface area contributed by atoms with Gasteiger partial charge in [0.1, 0.15) is 0 Å². The summed E-state index contributed by atoms with van der Waals surface area (Å²) >= 11 is 0. The van der Waals surface area contributed by atoms with Gasteiger partial charge in [-0.2, -0.15) is 0 Å². The molecule has 0 amide bonds. The van der Waals surface area contributed by atoms with E-state index in [1.54, 1.807) is 0 Å². The molecule has 0 fully saturated rings. The van der Waals surface area contributed by atoms with Crippen LogP contribution in [0.5, 0.6) is 0 Å². The Bertz CT molecular complexity index is 6670. The number of hydrogen-bond donors (Lipinski definition) is 0. The predicted molar refractivity (Wildman–Crippen MR) is 439 cm³/mol. The number of pyridine rings is 6. The van der Waals surface area contributed by atoms with Crippen LogP contribution >= 0.6 is 0 Å². The van der Waals surface area contributed by atoms with Crippen molar-refractivity contribution in [3.63, 3.8) is 0 Å². The highest BCUT2D eigenvalue weighted by atomic mass is 15.0. The van der Waals surface area contributed by atoms with Gasteiger partial charge in [0.15, 0.2) is 23.3 Å². The van der Waals surface area contributed by atoms with E-state index < -0.39 is 0 Å². The molecule has 0 aliphatic rings. The fourth-order valence-electron chi connectivity index (χ4n) is 14.1. The zero-order valence-corrected chi connectivity index (χ0v) is 58.1. The fourth-order valence-corrected chi connectivity index (χ4v) is 14.1. The van der Waals surface area contributed by atoms with E-state index >= 15 is 0 Å². The molecule has 108 heavy (non-hydrogen) atoms. The summed E-state index contributed by atoms with van der Waals surface area (Å²) in [5.74, 6) is 2.60. The quantitative estimate of drug-likeness (QED) is 0.115. The third-order valence-electron chi connectivity index (χ3n) is 19.7. The van der Waals surface area contributed by atoms with E-state index in [0.29, 0.717) is 23.3 Å². The lowest BCUT2D eigenvalue weighted by atomic mass is 10.00. The molecule has 0 atom stereocenters. The maximum absolute atomic E-state index is 5.11. The second-order valence-electron chi connectivity index (χ2n) is 26.6. The number of hydrogen-bond acceptors (Lipinski definition) is 11. The Morgan fingerprint density at radius 2 is 0.472 bits per heavy atom. The van der Waals surface area contributed by atoms with Crippen LogP contribution in [0.15, 0.2) is 370 Å². The van der Waals surface area contributed by atoms with E-state index in [1.807, 2.05) is 134 Å². The van der Waals surface area contributed by atoms with Crippen LogP contribution in [-0.4, -0.2) is 54.8 Å². The first-order chi connectivity index (χ1) is 53.4. The second-order valence-corrected chi connectivity index (χ2v) is 26.6. The maximum Gasteiger partial charge on any atom is 0.164 e. The van der Waals surface area contributed by atoms with Crippen LogP contribution in [0.4, 0.5) is 0 Å². The molecule has 0 aliphatic carbocycles. The van der Waals surface area contributed by atoms with Gasteiger partial charge in [-0.1, -0.05) is 273 Å². The Kier molecular flexibility index (Phi) is 16.7. The van der Waals surface area contributed by atoms with Crippen molar-refractivity contribution in [2.45, 2.75) is 0 Å². The van der Waals surface area contributed by atoms with Gasteiger partial charge in [0.25, 0.3) is 0 Å². The van der Waals surface area contributed by atoms with Crippen molar-refractivity contribution in [3.8, 4) is 135 Å². The van der Waals surface area contributed by atoms with Gasteiger partial charge in [-0.05, 0) is 107 Å². The summed E-state index contributed by atoms with van der Waals surface area (Å²) in [5, 5.41) is 6.55. The van der Waals surface area contributed by atoms with E-state index in [2.05, 4.69) is 247 Å². The fraction of sp³-hybridized carbons (Fsp3) is 0. The molecule has 0 radical (unpaired) electrons. The van der Waals surface area contributed by atoms with E-state index in [9.17, 15) is 0 Å². The van der Waals surface area contributed by atoms with Crippen LogP contribution in [0.3, 0.4) is 0 Å². The highest BCUT2D eigenvalue weighted by Gasteiger charge is 2.18. The summed E-state index contributed by atoms with van der Waals surface area (Å²) in [6, 6.07) is 123. The average Bonchev–Trinajstić information content (AvgIpc) is 0.794. The molecule has 20 rings (SSSR count). The summed E-state index contributed by atoms with van der Waals surface area (Å²) < 4.78 is 0. The van der Waals surface area contributed by atoms with Crippen LogP contribution in [0.1, 0.15) is 0 Å².